The number of aromatic nitrogens is 4. The Labute approximate surface area is 330 Å². The molecular weight excluding hydrogens is 717 g/mol. The highest BCUT2D eigenvalue weighted by Crippen LogP contribution is 2.43. The SMILES string of the molecule is c1ccc(-c2nc(-c3cc(-c4ccc5c(c4)c4ccccc4n5-c4ccccc4)c4c(c3)oc3ccccc34)nc(-c3cccc4sc5ccccc5c34)n2)cc1. The monoisotopic (exact) mass is 746 g/mol. The van der Waals surface area contributed by atoms with Gasteiger partial charge in [-0.3, -0.25) is 0 Å². The molecule has 0 radical (unpaired) electrons. The minimum Gasteiger partial charge on any atom is -0.456 e. The van der Waals surface area contributed by atoms with Crippen LogP contribution in [0.25, 0.3) is 115 Å². The molecule has 12 rings (SSSR count). The highest BCUT2D eigenvalue weighted by atomic mass is 32.1. The van der Waals surface area contributed by atoms with Crippen LogP contribution in [0.4, 0.5) is 0 Å². The lowest BCUT2D eigenvalue weighted by atomic mass is 9.95. The number of rotatable bonds is 5. The van der Waals surface area contributed by atoms with Crippen LogP contribution in [-0.4, -0.2) is 19.5 Å². The van der Waals surface area contributed by atoms with Crippen LogP contribution in [0.3, 0.4) is 0 Å². The van der Waals surface area contributed by atoms with Gasteiger partial charge < -0.3 is 8.98 Å². The van der Waals surface area contributed by atoms with Crippen molar-refractivity contribution in [3.8, 4) is 51.0 Å². The van der Waals surface area contributed by atoms with Gasteiger partial charge in [-0.2, -0.15) is 0 Å². The van der Waals surface area contributed by atoms with E-state index in [1.807, 2.05) is 30.3 Å². The molecule has 0 fully saturated rings. The second-order valence-corrected chi connectivity index (χ2v) is 15.4. The van der Waals surface area contributed by atoms with E-state index in [1.165, 1.54) is 31.1 Å². The molecule has 0 aliphatic heterocycles. The normalized spacial score (nSPS) is 11.9. The number of furan rings is 1. The maximum Gasteiger partial charge on any atom is 0.164 e. The van der Waals surface area contributed by atoms with Gasteiger partial charge in [0.25, 0.3) is 0 Å². The fraction of sp³-hybridized carbons (Fsp3) is 0. The van der Waals surface area contributed by atoms with Crippen molar-refractivity contribution in [2.24, 2.45) is 0 Å². The standard InChI is InChI=1S/C51H30N4OS/c1-3-14-31(15-4-1)49-52-50(54-51(53-49)38-21-13-25-46-48(38)37-20-9-12-24-45(37)57-46)33-29-39(47-36-19-8-11-23-43(36)56-44(47)30-33)32-26-27-42-40(28-32)35-18-7-10-22-41(35)55(42)34-16-5-2-6-17-34/h1-30H. The van der Waals surface area contributed by atoms with Crippen LogP contribution in [0.2, 0.25) is 0 Å². The molecule has 0 unspecified atom stereocenters. The topological polar surface area (TPSA) is 56.7 Å². The number of hydrogen-bond donors (Lipinski definition) is 0. The van der Waals surface area contributed by atoms with Crippen molar-refractivity contribution in [3.05, 3.63) is 182 Å². The Hall–Kier alpha value is -7.41. The molecule has 0 saturated heterocycles. The van der Waals surface area contributed by atoms with Gasteiger partial charge in [-0.15, -0.1) is 11.3 Å². The molecule has 0 saturated carbocycles. The molecule has 0 spiro atoms. The number of hydrogen-bond acceptors (Lipinski definition) is 5. The molecule has 266 valence electrons. The number of nitrogens with zero attached hydrogens (tertiary/aromatic N) is 4. The minimum absolute atomic E-state index is 0.584. The van der Waals surface area contributed by atoms with Crippen molar-refractivity contribution in [2.45, 2.75) is 0 Å². The summed E-state index contributed by atoms with van der Waals surface area (Å²) in [6, 6.07) is 63.8. The Morgan fingerprint density at radius 3 is 1.91 bits per heavy atom. The number of para-hydroxylation sites is 3. The Morgan fingerprint density at radius 2 is 1.05 bits per heavy atom. The fourth-order valence-corrected chi connectivity index (χ4v) is 9.64. The summed E-state index contributed by atoms with van der Waals surface area (Å²) in [5.74, 6) is 1.84. The van der Waals surface area contributed by atoms with Gasteiger partial charge >= 0.3 is 0 Å². The largest absolute Gasteiger partial charge is 0.456 e. The molecule has 0 aliphatic carbocycles. The van der Waals surface area contributed by atoms with E-state index < -0.39 is 0 Å². The highest BCUT2D eigenvalue weighted by Gasteiger charge is 2.21. The fourth-order valence-electron chi connectivity index (χ4n) is 8.51. The number of benzene rings is 8. The second-order valence-electron chi connectivity index (χ2n) is 14.4. The van der Waals surface area contributed by atoms with E-state index in [-0.39, 0.29) is 0 Å². The average molecular weight is 747 g/mol. The summed E-state index contributed by atoms with van der Waals surface area (Å²) in [6.45, 7) is 0. The Balaban J connectivity index is 1.13. The second kappa shape index (κ2) is 12.6. The molecule has 0 amide bonds. The average Bonchev–Trinajstić information content (AvgIpc) is 3.96. The van der Waals surface area contributed by atoms with Crippen molar-refractivity contribution in [3.63, 3.8) is 0 Å². The van der Waals surface area contributed by atoms with E-state index in [4.69, 9.17) is 19.4 Å². The molecule has 4 heterocycles. The first kappa shape index (κ1) is 31.9. The molecule has 0 atom stereocenters. The molecule has 0 bridgehead atoms. The highest BCUT2D eigenvalue weighted by molar-refractivity contribution is 7.25. The molecule has 0 N–H and O–H groups in total. The summed E-state index contributed by atoms with van der Waals surface area (Å²) < 4.78 is 11.4. The smallest absolute Gasteiger partial charge is 0.164 e. The summed E-state index contributed by atoms with van der Waals surface area (Å²) >= 11 is 1.79. The van der Waals surface area contributed by atoms with E-state index >= 15 is 0 Å². The zero-order valence-electron chi connectivity index (χ0n) is 30.4. The Kier molecular flexibility index (Phi) is 7.03. The van der Waals surface area contributed by atoms with Gasteiger partial charge in [0.15, 0.2) is 17.5 Å². The maximum absolute atomic E-state index is 6.65. The van der Waals surface area contributed by atoms with Crippen molar-refractivity contribution < 1.29 is 4.42 Å². The van der Waals surface area contributed by atoms with E-state index in [2.05, 4.69) is 156 Å². The minimum atomic E-state index is 0.584. The van der Waals surface area contributed by atoms with E-state index in [1.54, 1.807) is 11.3 Å². The molecule has 12 aromatic rings. The van der Waals surface area contributed by atoms with Crippen molar-refractivity contribution in [1.29, 1.82) is 0 Å². The zero-order valence-corrected chi connectivity index (χ0v) is 31.2. The van der Waals surface area contributed by atoms with Crippen LogP contribution in [0.1, 0.15) is 0 Å². The van der Waals surface area contributed by atoms with E-state index in [9.17, 15) is 0 Å². The van der Waals surface area contributed by atoms with Crippen molar-refractivity contribution in [1.82, 2.24) is 19.5 Å². The number of fused-ring (bicyclic) bond motifs is 9. The van der Waals surface area contributed by atoms with Crippen LogP contribution in [0.5, 0.6) is 0 Å². The molecule has 4 aromatic heterocycles. The quantitative estimate of drug-likeness (QED) is 0.176. The Morgan fingerprint density at radius 1 is 0.386 bits per heavy atom. The summed E-state index contributed by atoms with van der Waals surface area (Å²) in [4.78, 5) is 15.6. The lowest BCUT2D eigenvalue weighted by Crippen LogP contribution is -2.00. The van der Waals surface area contributed by atoms with Gasteiger partial charge in [-0.1, -0.05) is 121 Å². The van der Waals surface area contributed by atoms with Gasteiger partial charge in [0, 0.05) is 64.1 Å². The van der Waals surface area contributed by atoms with E-state index in [0.717, 1.165) is 66.3 Å². The van der Waals surface area contributed by atoms with Crippen LogP contribution in [0.15, 0.2) is 186 Å². The van der Waals surface area contributed by atoms with Gasteiger partial charge in [-0.25, -0.2) is 15.0 Å². The lowest BCUT2D eigenvalue weighted by molar-refractivity contribution is 0.669. The summed E-state index contributed by atoms with van der Waals surface area (Å²) in [5, 5.41) is 6.87. The molecule has 8 aromatic carbocycles. The summed E-state index contributed by atoms with van der Waals surface area (Å²) in [5.41, 5.74) is 9.98. The summed E-state index contributed by atoms with van der Waals surface area (Å²) in [6.07, 6.45) is 0. The van der Waals surface area contributed by atoms with Gasteiger partial charge in [0.2, 0.25) is 0 Å². The third kappa shape index (κ3) is 5.04. The predicted octanol–water partition coefficient (Wildman–Crippen LogP) is 13.9. The predicted molar refractivity (Wildman–Crippen MR) is 236 cm³/mol. The van der Waals surface area contributed by atoms with Gasteiger partial charge in [0.1, 0.15) is 11.2 Å². The first-order chi connectivity index (χ1) is 28.2. The van der Waals surface area contributed by atoms with Crippen LogP contribution in [0, 0.1) is 0 Å². The number of thiophene rings is 1. The molecule has 5 nitrogen and oxygen atoms in total. The lowest BCUT2D eigenvalue weighted by Gasteiger charge is -2.12. The van der Waals surface area contributed by atoms with Crippen molar-refractivity contribution >= 4 is 75.3 Å². The Bertz CT molecular complexity index is 3530. The maximum atomic E-state index is 6.65. The first-order valence-corrected chi connectivity index (χ1v) is 19.8. The summed E-state index contributed by atoms with van der Waals surface area (Å²) in [7, 11) is 0. The third-order valence-electron chi connectivity index (χ3n) is 11.0. The van der Waals surface area contributed by atoms with Crippen LogP contribution < -0.4 is 0 Å². The molecule has 57 heavy (non-hydrogen) atoms. The molecule has 6 heteroatoms. The zero-order chi connectivity index (χ0) is 37.5. The first-order valence-electron chi connectivity index (χ1n) is 19.0. The van der Waals surface area contributed by atoms with Crippen LogP contribution >= 0.6 is 11.3 Å². The van der Waals surface area contributed by atoms with Gasteiger partial charge in [0.05, 0.1) is 11.0 Å². The van der Waals surface area contributed by atoms with E-state index in [0.29, 0.717) is 17.5 Å². The molecule has 0 aliphatic rings. The van der Waals surface area contributed by atoms with Gasteiger partial charge in [-0.05, 0) is 71.8 Å². The molecular formula is C51H30N4OS. The van der Waals surface area contributed by atoms with Crippen LogP contribution in [-0.2, 0) is 0 Å². The van der Waals surface area contributed by atoms with Crippen molar-refractivity contribution in [2.75, 3.05) is 0 Å². The third-order valence-corrected chi connectivity index (χ3v) is 12.2.